The van der Waals surface area contributed by atoms with E-state index in [0.29, 0.717) is 37.6 Å². The quantitative estimate of drug-likeness (QED) is 0.424. The molecule has 2 N–H and O–H groups in total. The number of nitrogens with zero attached hydrogens (tertiary/aromatic N) is 1. The minimum Gasteiger partial charge on any atom is -0.399 e. The summed E-state index contributed by atoms with van der Waals surface area (Å²) in [4.78, 5) is 25.6. The first-order valence-corrected chi connectivity index (χ1v) is 8.62. The van der Waals surface area contributed by atoms with Crippen LogP contribution in [-0.4, -0.2) is 49.7 Å². The van der Waals surface area contributed by atoms with Gasteiger partial charge in [-0.15, -0.1) is 0 Å². The molecule has 136 valence electrons. The Kier molecular flexibility index (Phi) is 5.99. The number of imide groups is 1. The predicted molar refractivity (Wildman–Crippen MR) is 98.0 cm³/mol. The normalized spacial score (nSPS) is 13.3. The van der Waals surface area contributed by atoms with Crippen LogP contribution in [0.25, 0.3) is 0 Å². The van der Waals surface area contributed by atoms with E-state index in [1.54, 1.807) is 24.3 Å². The molecule has 1 aliphatic heterocycles. The Labute approximate surface area is 152 Å². The van der Waals surface area contributed by atoms with Gasteiger partial charge in [-0.05, 0) is 36.2 Å². The molecule has 0 spiro atoms. The molecule has 1 heterocycles. The van der Waals surface area contributed by atoms with Crippen LogP contribution in [0.5, 0.6) is 0 Å². The van der Waals surface area contributed by atoms with Crippen molar-refractivity contribution >= 4 is 17.5 Å². The number of nitrogen functional groups attached to an aromatic ring is 1. The highest BCUT2D eigenvalue weighted by Gasteiger charge is 2.34. The van der Waals surface area contributed by atoms with Crippen LogP contribution in [0.2, 0.25) is 0 Å². The van der Waals surface area contributed by atoms with Crippen molar-refractivity contribution in [3.63, 3.8) is 0 Å². The number of rotatable bonds is 9. The molecule has 0 bridgehead atoms. The molecule has 6 nitrogen and oxygen atoms in total. The summed E-state index contributed by atoms with van der Waals surface area (Å²) in [6.07, 6.45) is 0.792. The fraction of sp³-hybridized carbons (Fsp3) is 0.300. The number of hydrogen-bond donors (Lipinski definition) is 1. The summed E-state index contributed by atoms with van der Waals surface area (Å²) < 4.78 is 11.0. The number of fused-ring (bicyclic) bond motifs is 1. The topological polar surface area (TPSA) is 81.9 Å². The zero-order chi connectivity index (χ0) is 18.4. The molecule has 2 aromatic carbocycles. The summed E-state index contributed by atoms with van der Waals surface area (Å²) in [5.74, 6) is -0.514. The van der Waals surface area contributed by atoms with Crippen LogP contribution in [0.15, 0.2) is 48.5 Å². The third kappa shape index (κ3) is 4.28. The standard InChI is InChI=1S/C20H22N2O4/c21-16-5-3-4-15(14-16)8-10-25-12-13-26-11-9-22-19(23)17-6-1-2-7-18(17)20(22)24/h1-7,14H,8-13,21H2. The zero-order valence-corrected chi connectivity index (χ0v) is 14.5. The minimum absolute atomic E-state index is 0.246. The lowest BCUT2D eigenvalue weighted by Crippen LogP contribution is -2.33. The Bertz CT molecular complexity index is 756. The molecule has 0 aromatic heterocycles. The summed E-state index contributed by atoms with van der Waals surface area (Å²) >= 11 is 0. The van der Waals surface area contributed by atoms with Crippen molar-refractivity contribution in [3.8, 4) is 0 Å². The lowest BCUT2D eigenvalue weighted by Gasteiger charge is -2.13. The van der Waals surface area contributed by atoms with Crippen molar-refractivity contribution in [3.05, 3.63) is 65.2 Å². The number of nitrogens with two attached hydrogens (primary N) is 1. The average molecular weight is 354 g/mol. The van der Waals surface area contributed by atoms with Crippen molar-refractivity contribution in [1.29, 1.82) is 0 Å². The molecule has 1 aliphatic rings. The Balaban J connectivity index is 1.29. The second kappa shape index (κ2) is 8.60. The molecule has 0 atom stereocenters. The average Bonchev–Trinajstić information content (AvgIpc) is 2.89. The third-order valence-electron chi connectivity index (χ3n) is 4.20. The number of anilines is 1. The van der Waals surface area contributed by atoms with Crippen LogP contribution in [-0.2, 0) is 15.9 Å². The van der Waals surface area contributed by atoms with E-state index in [9.17, 15) is 9.59 Å². The van der Waals surface area contributed by atoms with Crippen LogP contribution in [0.4, 0.5) is 5.69 Å². The van der Waals surface area contributed by atoms with Gasteiger partial charge in [-0.1, -0.05) is 24.3 Å². The van der Waals surface area contributed by atoms with Crippen molar-refractivity contribution in [2.45, 2.75) is 6.42 Å². The summed E-state index contributed by atoms with van der Waals surface area (Å²) in [6.45, 7) is 2.01. The molecule has 26 heavy (non-hydrogen) atoms. The molecule has 0 fully saturated rings. The van der Waals surface area contributed by atoms with E-state index in [1.807, 2.05) is 24.3 Å². The van der Waals surface area contributed by atoms with E-state index in [1.165, 1.54) is 4.90 Å². The van der Waals surface area contributed by atoms with Crippen molar-refractivity contribution in [1.82, 2.24) is 4.90 Å². The molecule has 0 unspecified atom stereocenters. The van der Waals surface area contributed by atoms with Crippen LogP contribution < -0.4 is 5.73 Å². The van der Waals surface area contributed by atoms with Crippen molar-refractivity contribution in [2.75, 3.05) is 38.7 Å². The van der Waals surface area contributed by atoms with Gasteiger partial charge in [-0.25, -0.2) is 0 Å². The lowest BCUT2D eigenvalue weighted by molar-refractivity contribution is 0.0362. The molecule has 2 amide bonds. The molecular weight excluding hydrogens is 332 g/mol. The Morgan fingerprint density at radius 2 is 1.46 bits per heavy atom. The zero-order valence-electron chi connectivity index (χ0n) is 14.5. The van der Waals surface area contributed by atoms with Gasteiger partial charge in [0.15, 0.2) is 0 Å². The maximum Gasteiger partial charge on any atom is 0.261 e. The van der Waals surface area contributed by atoms with Gasteiger partial charge in [0.05, 0.1) is 44.1 Å². The smallest absolute Gasteiger partial charge is 0.261 e. The molecule has 0 saturated carbocycles. The monoisotopic (exact) mass is 354 g/mol. The maximum atomic E-state index is 12.2. The summed E-state index contributed by atoms with van der Waals surface area (Å²) in [5.41, 5.74) is 8.54. The second-order valence-corrected chi connectivity index (χ2v) is 6.03. The lowest BCUT2D eigenvalue weighted by atomic mass is 10.1. The van der Waals surface area contributed by atoms with Gasteiger partial charge in [0.25, 0.3) is 11.8 Å². The van der Waals surface area contributed by atoms with Gasteiger partial charge in [0.1, 0.15) is 0 Å². The Morgan fingerprint density at radius 1 is 0.808 bits per heavy atom. The van der Waals surface area contributed by atoms with E-state index < -0.39 is 0 Å². The second-order valence-electron chi connectivity index (χ2n) is 6.03. The number of benzene rings is 2. The molecule has 0 saturated heterocycles. The molecule has 6 heteroatoms. The largest absolute Gasteiger partial charge is 0.399 e. The highest BCUT2D eigenvalue weighted by Crippen LogP contribution is 2.21. The fourth-order valence-corrected chi connectivity index (χ4v) is 2.86. The number of carbonyl (C=O) groups is 2. The number of ether oxygens (including phenoxy) is 2. The van der Waals surface area contributed by atoms with Crippen LogP contribution in [0, 0.1) is 0 Å². The summed E-state index contributed by atoms with van der Waals surface area (Å²) in [6, 6.07) is 14.6. The van der Waals surface area contributed by atoms with E-state index in [0.717, 1.165) is 17.7 Å². The van der Waals surface area contributed by atoms with E-state index in [4.69, 9.17) is 15.2 Å². The molecule has 0 aliphatic carbocycles. The number of carbonyl (C=O) groups excluding carboxylic acids is 2. The van der Waals surface area contributed by atoms with Crippen LogP contribution in [0.1, 0.15) is 26.3 Å². The van der Waals surface area contributed by atoms with Gasteiger partial charge in [-0.3, -0.25) is 14.5 Å². The maximum absolute atomic E-state index is 12.2. The highest BCUT2D eigenvalue weighted by molar-refractivity contribution is 6.21. The van der Waals surface area contributed by atoms with Gasteiger partial charge in [0, 0.05) is 5.69 Å². The fourth-order valence-electron chi connectivity index (χ4n) is 2.86. The van der Waals surface area contributed by atoms with Crippen LogP contribution in [0.3, 0.4) is 0 Å². The van der Waals surface area contributed by atoms with E-state index in [-0.39, 0.29) is 18.4 Å². The highest BCUT2D eigenvalue weighted by atomic mass is 16.5. The summed E-state index contributed by atoms with van der Waals surface area (Å²) in [7, 11) is 0. The first-order chi connectivity index (χ1) is 12.7. The minimum atomic E-state index is -0.257. The van der Waals surface area contributed by atoms with Gasteiger partial charge < -0.3 is 15.2 Å². The Morgan fingerprint density at radius 3 is 2.12 bits per heavy atom. The van der Waals surface area contributed by atoms with Crippen LogP contribution >= 0.6 is 0 Å². The first kappa shape index (κ1) is 18.1. The van der Waals surface area contributed by atoms with Crippen molar-refractivity contribution < 1.29 is 19.1 Å². The third-order valence-corrected chi connectivity index (χ3v) is 4.20. The van der Waals surface area contributed by atoms with E-state index >= 15 is 0 Å². The predicted octanol–water partition coefficient (Wildman–Crippen LogP) is 2.14. The molecule has 2 aromatic rings. The molecular formula is C20H22N2O4. The van der Waals surface area contributed by atoms with E-state index in [2.05, 4.69) is 0 Å². The number of hydrogen-bond acceptors (Lipinski definition) is 5. The molecule has 3 rings (SSSR count). The van der Waals surface area contributed by atoms with Gasteiger partial charge in [0.2, 0.25) is 0 Å². The van der Waals surface area contributed by atoms with Crippen molar-refractivity contribution in [2.24, 2.45) is 0 Å². The Hall–Kier alpha value is -2.70. The van der Waals surface area contributed by atoms with Gasteiger partial charge >= 0.3 is 0 Å². The molecule has 0 radical (unpaired) electrons. The summed E-state index contributed by atoms with van der Waals surface area (Å²) in [5, 5.41) is 0. The van der Waals surface area contributed by atoms with Gasteiger partial charge in [-0.2, -0.15) is 0 Å². The first-order valence-electron chi connectivity index (χ1n) is 8.62. The SMILES string of the molecule is Nc1cccc(CCOCCOCCN2C(=O)c3ccccc3C2=O)c1. The number of amides is 2.